The van der Waals surface area contributed by atoms with Gasteiger partial charge in [-0.3, -0.25) is 0 Å². The predicted octanol–water partition coefficient (Wildman–Crippen LogP) is 3.94. The molecule has 0 saturated carbocycles. The number of benzene rings is 1. The first-order valence-corrected chi connectivity index (χ1v) is 5.43. The highest BCUT2D eigenvalue weighted by Crippen LogP contribution is 2.24. The average molecular weight is 259 g/mol. The third-order valence-corrected chi connectivity index (χ3v) is 3.19. The SMILES string of the molecule is Cc1nn(-c2ccc(Cl)c(F)c2)c(Cl)c1C. The Kier molecular flexibility index (Phi) is 2.91. The van der Waals surface area contributed by atoms with Crippen LogP contribution < -0.4 is 0 Å². The molecule has 0 fully saturated rings. The molecule has 0 aliphatic heterocycles. The molecule has 2 nitrogen and oxygen atoms in total. The van der Waals surface area contributed by atoms with E-state index in [0.29, 0.717) is 10.8 Å². The van der Waals surface area contributed by atoms with Crippen LogP contribution in [-0.4, -0.2) is 9.78 Å². The summed E-state index contributed by atoms with van der Waals surface area (Å²) < 4.78 is 14.8. The van der Waals surface area contributed by atoms with Crippen molar-refractivity contribution >= 4 is 23.2 Å². The number of hydrogen-bond acceptors (Lipinski definition) is 1. The van der Waals surface area contributed by atoms with Crippen LogP contribution in [0.25, 0.3) is 5.69 Å². The fraction of sp³-hybridized carbons (Fsp3) is 0.182. The summed E-state index contributed by atoms with van der Waals surface area (Å²) in [4.78, 5) is 0. The molecule has 1 heterocycles. The van der Waals surface area contributed by atoms with E-state index in [2.05, 4.69) is 5.10 Å². The predicted molar refractivity (Wildman–Crippen MR) is 63.0 cm³/mol. The van der Waals surface area contributed by atoms with Crippen LogP contribution in [0.1, 0.15) is 11.3 Å². The van der Waals surface area contributed by atoms with E-state index in [-0.39, 0.29) is 5.02 Å². The maximum absolute atomic E-state index is 13.3. The third-order valence-electron chi connectivity index (χ3n) is 2.44. The van der Waals surface area contributed by atoms with Gasteiger partial charge in [-0.1, -0.05) is 23.2 Å². The zero-order valence-corrected chi connectivity index (χ0v) is 10.3. The summed E-state index contributed by atoms with van der Waals surface area (Å²) in [7, 11) is 0. The molecular formula is C11H9Cl2FN2. The summed E-state index contributed by atoms with van der Waals surface area (Å²) in [6, 6.07) is 4.46. The molecule has 0 unspecified atom stereocenters. The molecule has 1 aromatic heterocycles. The van der Waals surface area contributed by atoms with Gasteiger partial charge >= 0.3 is 0 Å². The second kappa shape index (κ2) is 4.07. The van der Waals surface area contributed by atoms with Crippen molar-refractivity contribution in [1.29, 1.82) is 0 Å². The van der Waals surface area contributed by atoms with E-state index in [0.717, 1.165) is 11.3 Å². The summed E-state index contributed by atoms with van der Waals surface area (Å²) >= 11 is 11.7. The number of rotatable bonds is 1. The molecule has 2 aromatic rings. The lowest BCUT2D eigenvalue weighted by Crippen LogP contribution is -1.97. The van der Waals surface area contributed by atoms with Crippen LogP contribution in [0.3, 0.4) is 0 Å². The van der Waals surface area contributed by atoms with E-state index >= 15 is 0 Å². The van der Waals surface area contributed by atoms with Gasteiger partial charge in [0.25, 0.3) is 0 Å². The number of aryl methyl sites for hydroxylation is 1. The molecule has 0 spiro atoms. The van der Waals surface area contributed by atoms with Gasteiger partial charge in [0.2, 0.25) is 0 Å². The van der Waals surface area contributed by atoms with Crippen molar-refractivity contribution in [2.45, 2.75) is 13.8 Å². The van der Waals surface area contributed by atoms with Gasteiger partial charge in [-0.2, -0.15) is 5.10 Å². The van der Waals surface area contributed by atoms with Gasteiger partial charge in [0.05, 0.1) is 16.4 Å². The largest absolute Gasteiger partial charge is 0.222 e. The van der Waals surface area contributed by atoms with Gasteiger partial charge in [0.1, 0.15) is 11.0 Å². The zero-order valence-electron chi connectivity index (χ0n) is 8.76. The molecule has 0 aliphatic carbocycles. The van der Waals surface area contributed by atoms with Gasteiger partial charge < -0.3 is 0 Å². The Morgan fingerprint density at radius 1 is 1.25 bits per heavy atom. The molecule has 84 valence electrons. The van der Waals surface area contributed by atoms with E-state index in [9.17, 15) is 4.39 Å². The quantitative estimate of drug-likeness (QED) is 0.758. The highest BCUT2D eigenvalue weighted by Gasteiger charge is 2.11. The van der Waals surface area contributed by atoms with Crippen molar-refractivity contribution in [2.24, 2.45) is 0 Å². The van der Waals surface area contributed by atoms with E-state index in [1.165, 1.54) is 16.8 Å². The summed E-state index contributed by atoms with van der Waals surface area (Å²) in [5, 5.41) is 4.79. The monoisotopic (exact) mass is 258 g/mol. The molecule has 0 saturated heterocycles. The van der Waals surface area contributed by atoms with Crippen molar-refractivity contribution in [3.63, 3.8) is 0 Å². The van der Waals surface area contributed by atoms with Gasteiger partial charge in [0, 0.05) is 11.6 Å². The molecule has 0 atom stereocenters. The van der Waals surface area contributed by atoms with Crippen LogP contribution >= 0.6 is 23.2 Å². The molecule has 5 heteroatoms. The van der Waals surface area contributed by atoms with Crippen LogP contribution in [0.15, 0.2) is 18.2 Å². The topological polar surface area (TPSA) is 17.8 Å². The number of halogens is 3. The van der Waals surface area contributed by atoms with E-state index in [1.54, 1.807) is 6.07 Å². The molecule has 0 bridgehead atoms. The maximum Gasteiger partial charge on any atom is 0.143 e. The van der Waals surface area contributed by atoms with Gasteiger partial charge in [-0.25, -0.2) is 9.07 Å². The first-order chi connectivity index (χ1) is 7.50. The Bertz CT molecular complexity index is 549. The molecule has 0 aliphatic rings. The maximum atomic E-state index is 13.3. The fourth-order valence-electron chi connectivity index (χ4n) is 1.36. The number of hydrogen-bond donors (Lipinski definition) is 0. The van der Waals surface area contributed by atoms with Crippen molar-refractivity contribution in [3.05, 3.63) is 45.4 Å². The Morgan fingerprint density at radius 3 is 2.44 bits per heavy atom. The molecule has 2 rings (SSSR count). The second-order valence-corrected chi connectivity index (χ2v) is 4.28. The lowest BCUT2D eigenvalue weighted by molar-refractivity contribution is 0.626. The van der Waals surface area contributed by atoms with Crippen molar-refractivity contribution in [3.8, 4) is 5.69 Å². The Hall–Kier alpha value is -1.06. The smallest absolute Gasteiger partial charge is 0.143 e. The summed E-state index contributed by atoms with van der Waals surface area (Å²) in [5.74, 6) is -0.485. The van der Waals surface area contributed by atoms with Gasteiger partial charge in [-0.05, 0) is 26.0 Å². The van der Waals surface area contributed by atoms with E-state index in [1.807, 2.05) is 13.8 Å². The van der Waals surface area contributed by atoms with E-state index in [4.69, 9.17) is 23.2 Å². The molecule has 1 aromatic carbocycles. The van der Waals surface area contributed by atoms with Gasteiger partial charge in [-0.15, -0.1) is 0 Å². The lowest BCUT2D eigenvalue weighted by Gasteiger charge is -2.03. The van der Waals surface area contributed by atoms with Crippen molar-refractivity contribution < 1.29 is 4.39 Å². The second-order valence-electron chi connectivity index (χ2n) is 3.51. The zero-order chi connectivity index (χ0) is 11.9. The number of aromatic nitrogens is 2. The Labute approximate surface area is 103 Å². The standard InChI is InChI=1S/C11H9Cl2FN2/c1-6-7(2)15-16(11(6)13)8-3-4-9(12)10(14)5-8/h3-5H,1-2H3. The summed E-state index contributed by atoms with van der Waals surface area (Å²) in [6.07, 6.45) is 0. The van der Waals surface area contributed by atoms with Crippen LogP contribution in [0.5, 0.6) is 0 Å². The highest BCUT2D eigenvalue weighted by atomic mass is 35.5. The minimum Gasteiger partial charge on any atom is -0.222 e. The molecule has 0 amide bonds. The van der Waals surface area contributed by atoms with Crippen LogP contribution in [0, 0.1) is 19.7 Å². The van der Waals surface area contributed by atoms with Crippen LogP contribution in [0.4, 0.5) is 4.39 Å². The lowest BCUT2D eigenvalue weighted by atomic mass is 10.3. The minimum atomic E-state index is -0.485. The molecular weight excluding hydrogens is 250 g/mol. The summed E-state index contributed by atoms with van der Waals surface area (Å²) in [5.41, 5.74) is 2.26. The number of nitrogens with zero attached hydrogens (tertiary/aromatic N) is 2. The molecule has 0 radical (unpaired) electrons. The summed E-state index contributed by atoms with van der Waals surface area (Å²) in [6.45, 7) is 3.72. The molecule has 0 N–H and O–H groups in total. The first kappa shape index (κ1) is 11.4. The Morgan fingerprint density at radius 2 is 1.94 bits per heavy atom. The van der Waals surface area contributed by atoms with E-state index < -0.39 is 5.82 Å². The normalized spacial score (nSPS) is 10.8. The van der Waals surface area contributed by atoms with Gasteiger partial charge in [0.15, 0.2) is 0 Å². The fourth-order valence-corrected chi connectivity index (χ4v) is 1.75. The first-order valence-electron chi connectivity index (χ1n) is 4.68. The van der Waals surface area contributed by atoms with Crippen LogP contribution in [0.2, 0.25) is 10.2 Å². The highest BCUT2D eigenvalue weighted by molar-refractivity contribution is 6.31. The third kappa shape index (κ3) is 1.81. The van der Waals surface area contributed by atoms with Crippen LogP contribution in [-0.2, 0) is 0 Å². The minimum absolute atomic E-state index is 0.0838. The average Bonchev–Trinajstić information content (AvgIpc) is 2.50. The Balaban J connectivity index is 2.59. The van der Waals surface area contributed by atoms with Crippen molar-refractivity contribution in [2.75, 3.05) is 0 Å². The van der Waals surface area contributed by atoms with Crippen molar-refractivity contribution in [1.82, 2.24) is 9.78 Å². The molecule has 16 heavy (non-hydrogen) atoms.